The fourth-order valence-electron chi connectivity index (χ4n) is 2.24. The van der Waals surface area contributed by atoms with Crippen LogP contribution in [0, 0.1) is 0 Å². The smallest absolute Gasteiger partial charge is 0.291 e. The van der Waals surface area contributed by atoms with E-state index >= 15 is 0 Å². The summed E-state index contributed by atoms with van der Waals surface area (Å²) in [5.41, 5.74) is 5.89. The van der Waals surface area contributed by atoms with Gasteiger partial charge in [-0.2, -0.15) is 0 Å². The van der Waals surface area contributed by atoms with Crippen LogP contribution in [0.5, 0.6) is 0 Å². The Morgan fingerprint density at radius 2 is 2.08 bits per heavy atom. The predicted octanol–water partition coefficient (Wildman–Crippen LogP) is 2.69. The lowest BCUT2D eigenvalue weighted by Gasteiger charge is -2.23. The van der Waals surface area contributed by atoms with E-state index in [0.717, 1.165) is 24.4 Å². The molecule has 6 nitrogen and oxygen atoms in total. The Labute approximate surface area is 152 Å². The number of carbonyl (C=O) groups excluding carboxylic acids is 1. The molecular weight excluding hydrogens is 349 g/mol. The highest BCUT2D eigenvalue weighted by molar-refractivity contribution is 6.32. The number of benzene rings is 1. The van der Waals surface area contributed by atoms with Gasteiger partial charge in [-0.05, 0) is 38.8 Å². The number of carbonyl (C=O) groups is 1. The topological polar surface area (TPSA) is 85.8 Å². The molecule has 1 aliphatic carbocycles. The Bertz CT molecular complexity index is 740. The summed E-state index contributed by atoms with van der Waals surface area (Å²) in [6, 6.07) is 7.41. The molecule has 0 bridgehead atoms. The Hall–Kier alpha value is -1.63. The van der Waals surface area contributed by atoms with Gasteiger partial charge in [-0.3, -0.25) is 4.79 Å². The van der Waals surface area contributed by atoms with Gasteiger partial charge in [-0.15, -0.1) is 17.5 Å². The number of nitrogens with zero attached hydrogens (tertiary/aromatic N) is 3. The molecule has 24 heavy (non-hydrogen) atoms. The molecule has 130 valence electrons. The van der Waals surface area contributed by atoms with Crippen molar-refractivity contribution in [1.82, 2.24) is 20.1 Å². The summed E-state index contributed by atoms with van der Waals surface area (Å²) >= 11 is 6.27. The van der Waals surface area contributed by atoms with Gasteiger partial charge in [0, 0.05) is 18.0 Å². The number of halogens is 2. The molecule has 0 spiro atoms. The molecular formula is C16H21Cl2N5O. The van der Waals surface area contributed by atoms with Crippen LogP contribution in [-0.2, 0) is 0 Å². The Kier molecular flexibility index (Phi) is 5.52. The second-order valence-electron chi connectivity index (χ2n) is 6.47. The zero-order valence-corrected chi connectivity index (χ0v) is 15.2. The van der Waals surface area contributed by atoms with Crippen molar-refractivity contribution in [3.05, 3.63) is 40.9 Å². The number of nitrogens with two attached hydrogens (primary N) is 1. The van der Waals surface area contributed by atoms with Crippen molar-refractivity contribution in [2.75, 3.05) is 6.54 Å². The van der Waals surface area contributed by atoms with Gasteiger partial charge < -0.3 is 11.1 Å². The fraction of sp³-hybridized carbons (Fsp3) is 0.438. The molecule has 0 aliphatic heterocycles. The maximum Gasteiger partial charge on any atom is 0.291 e. The first-order chi connectivity index (χ1) is 10.9. The SMILES string of the molecule is CC(C)(CN)NC(=O)c1nc(C2CC2)n(-c2ccccc2Cl)n1.Cl. The third kappa shape index (κ3) is 3.88. The maximum absolute atomic E-state index is 12.4. The number of hydrogen-bond donors (Lipinski definition) is 2. The first kappa shape index (κ1) is 18.7. The van der Waals surface area contributed by atoms with E-state index in [0.29, 0.717) is 17.5 Å². The molecule has 2 aromatic rings. The summed E-state index contributed by atoms with van der Waals surface area (Å²) in [5, 5.41) is 7.82. The molecule has 8 heteroatoms. The molecule has 0 radical (unpaired) electrons. The first-order valence-corrected chi connectivity index (χ1v) is 8.03. The van der Waals surface area contributed by atoms with Crippen LogP contribution in [0.15, 0.2) is 24.3 Å². The highest BCUT2D eigenvalue weighted by atomic mass is 35.5. The van der Waals surface area contributed by atoms with Crippen molar-refractivity contribution in [3.63, 3.8) is 0 Å². The van der Waals surface area contributed by atoms with E-state index in [2.05, 4.69) is 15.4 Å². The molecule has 1 amide bonds. The van der Waals surface area contributed by atoms with Gasteiger partial charge >= 0.3 is 0 Å². The molecule has 3 N–H and O–H groups in total. The van der Waals surface area contributed by atoms with Crippen LogP contribution in [0.3, 0.4) is 0 Å². The van der Waals surface area contributed by atoms with Gasteiger partial charge in [0.25, 0.3) is 5.91 Å². The average Bonchev–Trinajstić information content (AvgIpc) is 3.26. The highest BCUT2D eigenvalue weighted by Gasteiger charge is 2.32. The molecule has 3 rings (SSSR count). The number of aromatic nitrogens is 3. The van der Waals surface area contributed by atoms with Crippen molar-refractivity contribution >= 4 is 29.9 Å². The van der Waals surface area contributed by atoms with Gasteiger partial charge in [0.05, 0.1) is 10.7 Å². The third-order valence-corrected chi connectivity index (χ3v) is 4.14. The second-order valence-corrected chi connectivity index (χ2v) is 6.88. The summed E-state index contributed by atoms with van der Waals surface area (Å²) in [6.45, 7) is 4.05. The van der Waals surface area contributed by atoms with Gasteiger partial charge in [0.15, 0.2) is 0 Å². The number of para-hydroxylation sites is 1. The molecule has 1 fully saturated rings. The van der Waals surface area contributed by atoms with E-state index in [1.807, 2.05) is 32.0 Å². The van der Waals surface area contributed by atoms with Gasteiger partial charge in [-0.1, -0.05) is 23.7 Å². The molecule has 0 saturated heterocycles. The monoisotopic (exact) mass is 369 g/mol. The zero-order valence-electron chi connectivity index (χ0n) is 13.6. The van der Waals surface area contributed by atoms with Crippen LogP contribution in [0.2, 0.25) is 5.02 Å². The number of amides is 1. The van der Waals surface area contributed by atoms with Crippen molar-refractivity contribution in [1.29, 1.82) is 0 Å². The van der Waals surface area contributed by atoms with Crippen LogP contribution in [0.1, 0.15) is 49.1 Å². The van der Waals surface area contributed by atoms with E-state index in [1.165, 1.54) is 0 Å². The minimum Gasteiger partial charge on any atom is -0.343 e. The highest BCUT2D eigenvalue weighted by Crippen LogP contribution is 2.40. The minimum absolute atomic E-state index is 0. The van der Waals surface area contributed by atoms with Gasteiger partial charge in [-0.25, -0.2) is 9.67 Å². The molecule has 1 saturated carbocycles. The lowest BCUT2D eigenvalue weighted by molar-refractivity contribution is 0.0905. The normalized spacial score (nSPS) is 14.2. The quantitative estimate of drug-likeness (QED) is 0.847. The Morgan fingerprint density at radius 1 is 1.42 bits per heavy atom. The van der Waals surface area contributed by atoms with Crippen molar-refractivity contribution in [3.8, 4) is 5.69 Å². The van der Waals surface area contributed by atoms with Gasteiger partial charge in [0.1, 0.15) is 5.82 Å². The molecule has 1 aromatic heterocycles. The van der Waals surface area contributed by atoms with Crippen molar-refractivity contribution in [2.45, 2.75) is 38.1 Å². The van der Waals surface area contributed by atoms with Crippen molar-refractivity contribution < 1.29 is 4.79 Å². The second kappa shape index (κ2) is 7.09. The number of nitrogens with one attached hydrogen (secondary N) is 1. The zero-order chi connectivity index (χ0) is 16.6. The average molecular weight is 370 g/mol. The van der Waals surface area contributed by atoms with E-state index in [1.54, 1.807) is 10.7 Å². The summed E-state index contributed by atoms with van der Waals surface area (Å²) in [7, 11) is 0. The van der Waals surface area contributed by atoms with Gasteiger partial charge in [0.2, 0.25) is 5.82 Å². The lowest BCUT2D eigenvalue weighted by atomic mass is 10.1. The largest absolute Gasteiger partial charge is 0.343 e. The Balaban J connectivity index is 0.00000208. The maximum atomic E-state index is 12.4. The van der Waals surface area contributed by atoms with Crippen LogP contribution < -0.4 is 11.1 Å². The third-order valence-electron chi connectivity index (χ3n) is 3.82. The van der Waals surface area contributed by atoms with E-state index in [4.69, 9.17) is 17.3 Å². The van der Waals surface area contributed by atoms with Crippen LogP contribution in [0.25, 0.3) is 5.69 Å². The summed E-state index contributed by atoms with van der Waals surface area (Å²) in [5.74, 6) is 0.943. The molecule has 0 unspecified atom stereocenters. The number of hydrogen-bond acceptors (Lipinski definition) is 4. The number of rotatable bonds is 5. The van der Waals surface area contributed by atoms with Crippen LogP contribution >= 0.6 is 24.0 Å². The van der Waals surface area contributed by atoms with Crippen LogP contribution in [-0.4, -0.2) is 32.8 Å². The molecule has 1 heterocycles. The van der Waals surface area contributed by atoms with E-state index in [-0.39, 0.29) is 24.1 Å². The predicted molar refractivity (Wildman–Crippen MR) is 96.2 cm³/mol. The summed E-state index contributed by atoms with van der Waals surface area (Å²) in [4.78, 5) is 16.9. The molecule has 0 atom stereocenters. The fourth-order valence-corrected chi connectivity index (χ4v) is 2.46. The molecule has 1 aliphatic rings. The lowest BCUT2D eigenvalue weighted by Crippen LogP contribution is -2.49. The van der Waals surface area contributed by atoms with E-state index in [9.17, 15) is 4.79 Å². The minimum atomic E-state index is -0.507. The Morgan fingerprint density at radius 3 is 2.67 bits per heavy atom. The van der Waals surface area contributed by atoms with E-state index < -0.39 is 5.54 Å². The summed E-state index contributed by atoms with van der Waals surface area (Å²) < 4.78 is 1.68. The molecule has 1 aromatic carbocycles. The van der Waals surface area contributed by atoms with Crippen molar-refractivity contribution in [2.24, 2.45) is 5.73 Å². The first-order valence-electron chi connectivity index (χ1n) is 7.66. The van der Waals surface area contributed by atoms with Crippen LogP contribution in [0.4, 0.5) is 0 Å². The standard InChI is InChI=1S/C16H20ClN5O.ClH/c1-16(2,9-18)20-15(23)13-19-14(10-7-8-10)22(21-13)12-6-4-3-5-11(12)17;/h3-6,10H,7-9,18H2,1-2H3,(H,20,23);1H. The summed E-state index contributed by atoms with van der Waals surface area (Å²) in [6.07, 6.45) is 2.11.